The Morgan fingerprint density at radius 2 is 1.44 bits per heavy atom. The number of rotatable bonds is 12. The highest BCUT2D eigenvalue weighted by Crippen LogP contribution is 2.17. The molecule has 1 nitrogen and oxygen atoms in total. The quantitative estimate of drug-likeness (QED) is 0.507. The number of hydrogen-bond acceptors (Lipinski definition) is 2. The minimum atomic E-state index is 0.345. The number of aliphatic hydroxyl groups excluding tert-OH is 1. The largest absolute Gasteiger partial charge is 0.395 e. The Bertz CT molecular complexity index is 124. The van der Waals surface area contributed by atoms with E-state index in [1.807, 2.05) is 11.8 Å². The highest BCUT2D eigenvalue weighted by Gasteiger charge is 2.03. The fraction of sp³-hybridized carbons (Fsp3) is 1.00. The first-order chi connectivity index (χ1) is 7.85. The maximum atomic E-state index is 9.03. The SMILES string of the molecule is CCCCCCCCCCSC(CC)CO. The van der Waals surface area contributed by atoms with Crippen LogP contribution in [-0.4, -0.2) is 22.7 Å². The van der Waals surface area contributed by atoms with E-state index >= 15 is 0 Å². The summed E-state index contributed by atoms with van der Waals surface area (Å²) in [5, 5.41) is 9.50. The lowest BCUT2D eigenvalue weighted by Gasteiger charge is -2.10. The monoisotopic (exact) mass is 246 g/mol. The summed E-state index contributed by atoms with van der Waals surface area (Å²) in [6, 6.07) is 0. The van der Waals surface area contributed by atoms with Gasteiger partial charge in [-0.05, 0) is 18.6 Å². The molecule has 0 heterocycles. The van der Waals surface area contributed by atoms with Crippen LogP contribution in [0.5, 0.6) is 0 Å². The van der Waals surface area contributed by atoms with Gasteiger partial charge in [0.2, 0.25) is 0 Å². The predicted octanol–water partition coefficient (Wildman–Crippen LogP) is 4.63. The molecular weight excluding hydrogens is 216 g/mol. The summed E-state index contributed by atoms with van der Waals surface area (Å²) in [6.07, 6.45) is 12.2. The van der Waals surface area contributed by atoms with Crippen molar-refractivity contribution in [2.75, 3.05) is 12.4 Å². The van der Waals surface area contributed by atoms with Gasteiger partial charge in [0.25, 0.3) is 0 Å². The van der Waals surface area contributed by atoms with E-state index in [9.17, 15) is 0 Å². The number of thioether (sulfide) groups is 1. The first kappa shape index (κ1) is 16.3. The Morgan fingerprint density at radius 3 is 1.94 bits per heavy atom. The van der Waals surface area contributed by atoms with Crippen molar-refractivity contribution in [2.24, 2.45) is 0 Å². The zero-order valence-electron chi connectivity index (χ0n) is 11.2. The minimum absolute atomic E-state index is 0.345. The number of hydrogen-bond donors (Lipinski definition) is 1. The molecule has 0 radical (unpaired) electrons. The first-order valence-corrected chi connectivity index (χ1v) is 8.12. The van der Waals surface area contributed by atoms with Gasteiger partial charge in [0.1, 0.15) is 0 Å². The van der Waals surface area contributed by atoms with Gasteiger partial charge in [-0.15, -0.1) is 0 Å². The Labute approximate surface area is 106 Å². The van der Waals surface area contributed by atoms with Gasteiger partial charge in [0, 0.05) is 5.25 Å². The topological polar surface area (TPSA) is 20.2 Å². The van der Waals surface area contributed by atoms with Gasteiger partial charge in [-0.2, -0.15) is 11.8 Å². The van der Waals surface area contributed by atoms with Crippen molar-refractivity contribution in [1.29, 1.82) is 0 Å². The van der Waals surface area contributed by atoms with Crippen molar-refractivity contribution < 1.29 is 5.11 Å². The zero-order valence-corrected chi connectivity index (χ0v) is 12.0. The predicted molar refractivity (Wildman–Crippen MR) is 76.2 cm³/mol. The van der Waals surface area contributed by atoms with Crippen LogP contribution in [0.1, 0.15) is 71.6 Å². The standard InChI is InChI=1S/C14H30OS/c1-3-5-6-7-8-9-10-11-12-16-14(4-2)13-15/h14-15H,3-13H2,1-2H3. The maximum Gasteiger partial charge on any atom is 0.0549 e. The Morgan fingerprint density at radius 1 is 0.875 bits per heavy atom. The van der Waals surface area contributed by atoms with Crippen LogP contribution in [0.25, 0.3) is 0 Å². The third-order valence-corrected chi connectivity index (χ3v) is 4.49. The van der Waals surface area contributed by atoms with Crippen LogP contribution in [0.15, 0.2) is 0 Å². The lowest BCUT2D eigenvalue weighted by atomic mass is 10.1. The first-order valence-electron chi connectivity index (χ1n) is 7.07. The van der Waals surface area contributed by atoms with Gasteiger partial charge >= 0.3 is 0 Å². The molecule has 0 saturated heterocycles. The van der Waals surface area contributed by atoms with Crippen molar-refractivity contribution in [2.45, 2.75) is 76.9 Å². The minimum Gasteiger partial charge on any atom is -0.395 e. The van der Waals surface area contributed by atoms with E-state index in [4.69, 9.17) is 5.11 Å². The van der Waals surface area contributed by atoms with Crippen LogP contribution < -0.4 is 0 Å². The molecule has 0 fully saturated rings. The molecule has 98 valence electrons. The molecule has 1 unspecified atom stereocenters. The molecule has 0 spiro atoms. The van der Waals surface area contributed by atoms with Crippen molar-refractivity contribution in [3.8, 4) is 0 Å². The molecule has 0 aromatic heterocycles. The van der Waals surface area contributed by atoms with Crippen molar-refractivity contribution in [3.05, 3.63) is 0 Å². The average Bonchev–Trinajstić information content (AvgIpc) is 2.32. The van der Waals surface area contributed by atoms with Crippen LogP contribution in [0.4, 0.5) is 0 Å². The molecule has 0 rings (SSSR count). The molecular formula is C14H30OS. The summed E-state index contributed by atoms with van der Waals surface area (Å²) in [6.45, 7) is 4.77. The maximum absolute atomic E-state index is 9.03. The molecule has 1 atom stereocenters. The average molecular weight is 246 g/mol. The van der Waals surface area contributed by atoms with Crippen LogP contribution in [0.2, 0.25) is 0 Å². The molecule has 0 aromatic carbocycles. The molecule has 0 aliphatic carbocycles. The second kappa shape index (κ2) is 13.4. The van der Waals surface area contributed by atoms with Gasteiger partial charge in [-0.25, -0.2) is 0 Å². The molecule has 0 aliphatic rings. The van der Waals surface area contributed by atoms with Gasteiger partial charge in [0.15, 0.2) is 0 Å². The van der Waals surface area contributed by atoms with Crippen molar-refractivity contribution >= 4 is 11.8 Å². The summed E-state index contributed by atoms with van der Waals surface area (Å²) in [4.78, 5) is 0. The highest BCUT2D eigenvalue weighted by atomic mass is 32.2. The normalized spacial score (nSPS) is 12.9. The fourth-order valence-electron chi connectivity index (χ4n) is 1.79. The van der Waals surface area contributed by atoms with Gasteiger partial charge in [-0.1, -0.05) is 58.8 Å². The molecule has 0 amide bonds. The summed E-state index contributed by atoms with van der Waals surface area (Å²) in [5.74, 6) is 1.23. The van der Waals surface area contributed by atoms with E-state index in [2.05, 4.69) is 13.8 Å². The van der Waals surface area contributed by atoms with Gasteiger partial charge < -0.3 is 5.11 Å². The molecule has 1 N–H and O–H groups in total. The van der Waals surface area contributed by atoms with E-state index in [1.54, 1.807) is 0 Å². The van der Waals surface area contributed by atoms with E-state index in [0.717, 1.165) is 6.42 Å². The van der Waals surface area contributed by atoms with E-state index in [-0.39, 0.29) is 0 Å². The van der Waals surface area contributed by atoms with E-state index < -0.39 is 0 Å². The lowest BCUT2D eigenvalue weighted by Crippen LogP contribution is -2.07. The molecule has 0 saturated carbocycles. The van der Waals surface area contributed by atoms with Crippen molar-refractivity contribution in [1.82, 2.24) is 0 Å². The summed E-state index contributed by atoms with van der Waals surface area (Å²) < 4.78 is 0. The van der Waals surface area contributed by atoms with Crippen LogP contribution in [0, 0.1) is 0 Å². The molecule has 0 bridgehead atoms. The van der Waals surface area contributed by atoms with Crippen LogP contribution >= 0.6 is 11.8 Å². The number of aliphatic hydroxyl groups is 1. The third-order valence-electron chi connectivity index (χ3n) is 3.01. The fourth-order valence-corrected chi connectivity index (χ4v) is 2.83. The van der Waals surface area contributed by atoms with Gasteiger partial charge in [0.05, 0.1) is 6.61 Å². The van der Waals surface area contributed by atoms with Gasteiger partial charge in [-0.3, -0.25) is 0 Å². The van der Waals surface area contributed by atoms with E-state index in [1.165, 1.54) is 57.1 Å². The number of unbranched alkanes of at least 4 members (excludes halogenated alkanes) is 7. The second-order valence-electron chi connectivity index (χ2n) is 4.56. The van der Waals surface area contributed by atoms with E-state index in [0.29, 0.717) is 11.9 Å². The molecule has 16 heavy (non-hydrogen) atoms. The summed E-state index contributed by atoms with van der Waals surface area (Å²) in [7, 11) is 0. The van der Waals surface area contributed by atoms with Crippen molar-refractivity contribution in [3.63, 3.8) is 0 Å². The molecule has 2 heteroatoms. The molecule has 0 aromatic rings. The highest BCUT2D eigenvalue weighted by molar-refractivity contribution is 7.99. The zero-order chi connectivity index (χ0) is 12.1. The third kappa shape index (κ3) is 10.8. The Hall–Kier alpha value is 0.310. The van der Waals surface area contributed by atoms with Crippen LogP contribution in [0.3, 0.4) is 0 Å². The summed E-state index contributed by atoms with van der Waals surface area (Å²) in [5.41, 5.74) is 0. The lowest BCUT2D eigenvalue weighted by molar-refractivity contribution is 0.292. The second-order valence-corrected chi connectivity index (χ2v) is 5.97. The van der Waals surface area contributed by atoms with Crippen LogP contribution in [-0.2, 0) is 0 Å². The summed E-state index contributed by atoms with van der Waals surface area (Å²) >= 11 is 1.94. The molecule has 0 aliphatic heterocycles. The smallest absolute Gasteiger partial charge is 0.0549 e. The Kier molecular flexibility index (Phi) is 13.6. The Balaban J connectivity index is 3.03.